The predicted octanol–water partition coefficient (Wildman–Crippen LogP) is 0.278. The molecule has 0 aromatic carbocycles. The molecule has 1 aliphatic heterocycles. The normalized spacial score (nSPS) is 15.3. The van der Waals surface area contributed by atoms with E-state index in [4.69, 9.17) is 11.5 Å². The minimum atomic E-state index is -0.485. The highest BCUT2D eigenvalue weighted by Crippen LogP contribution is 2.22. The second-order valence-electron chi connectivity index (χ2n) is 5.98. The topological polar surface area (TPSA) is 124 Å². The molecule has 2 aromatic rings. The quantitative estimate of drug-likeness (QED) is 0.809. The van der Waals surface area contributed by atoms with Gasteiger partial charge in [-0.3, -0.25) is 14.4 Å². The number of nitrogens with zero attached hydrogens (tertiary/aromatic N) is 3. The molecule has 3 heterocycles. The van der Waals surface area contributed by atoms with E-state index < -0.39 is 5.56 Å². The maximum absolute atomic E-state index is 12.5. The van der Waals surface area contributed by atoms with Crippen molar-refractivity contribution >= 4 is 28.8 Å². The number of thiophene rings is 1. The lowest BCUT2D eigenvalue weighted by Gasteiger charge is -2.30. The van der Waals surface area contributed by atoms with Crippen LogP contribution in [-0.2, 0) is 16.1 Å². The van der Waals surface area contributed by atoms with Crippen molar-refractivity contribution < 1.29 is 9.59 Å². The Balaban J connectivity index is 1.75. The average molecular weight is 361 g/mol. The molecule has 2 amide bonds. The number of aromatic nitrogens is 2. The smallest absolute Gasteiger partial charge is 0.290 e. The van der Waals surface area contributed by atoms with Crippen LogP contribution in [0.25, 0.3) is 10.6 Å². The molecule has 3 rings (SSSR count). The third-order valence-electron chi connectivity index (χ3n) is 4.31. The number of nitrogens with two attached hydrogens (primary N) is 2. The predicted molar refractivity (Wildman–Crippen MR) is 94.7 cm³/mol. The van der Waals surface area contributed by atoms with Crippen molar-refractivity contribution in [3.63, 3.8) is 0 Å². The van der Waals surface area contributed by atoms with Crippen LogP contribution in [0.4, 0.5) is 5.69 Å². The Hall–Kier alpha value is -2.68. The van der Waals surface area contributed by atoms with Crippen LogP contribution < -0.4 is 17.0 Å². The van der Waals surface area contributed by atoms with Gasteiger partial charge in [0, 0.05) is 19.0 Å². The molecule has 0 bridgehead atoms. The Labute approximate surface area is 148 Å². The highest BCUT2D eigenvalue weighted by molar-refractivity contribution is 7.13. The summed E-state index contributed by atoms with van der Waals surface area (Å²) in [6, 6.07) is 5.27. The van der Waals surface area contributed by atoms with Crippen LogP contribution in [0, 0.1) is 5.92 Å². The van der Waals surface area contributed by atoms with Crippen molar-refractivity contribution in [3.8, 4) is 10.6 Å². The molecule has 132 valence electrons. The molecule has 0 radical (unpaired) electrons. The van der Waals surface area contributed by atoms with Crippen LogP contribution in [0.3, 0.4) is 0 Å². The highest BCUT2D eigenvalue weighted by Gasteiger charge is 2.26. The molecule has 0 unspecified atom stereocenters. The van der Waals surface area contributed by atoms with Gasteiger partial charge in [-0.1, -0.05) is 6.07 Å². The SMILES string of the molecule is NC(=O)C1CCN(C(=O)Cn2nc(-c3cccs3)cc(N)c2=O)CC1. The summed E-state index contributed by atoms with van der Waals surface area (Å²) in [4.78, 5) is 38.4. The summed E-state index contributed by atoms with van der Waals surface area (Å²) in [7, 11) is 0. The van der Waals surface area contributed by atoms with E-state index in [0.717, 1.165) is 9.56 Å². The number of amides is 2. The fourth-order valence-corrected chi connectivity index (χ4v) is 3.54. The van der Waals surface area contributed by atoms with E-state index in [1.165, 1.54) is 17.4 Å². The molecule has 1 fully saturated rings. The Bertz CT molecular complexity index is 838. The van der Waals surface area contributed by atoms with E-state index in [1.807, 2.05) is 17.5 Å². The number of primary amides is 1. The van der Waals surface area contributed by atoms with Gasteiger partial charge in [-0.15, -0.1) is 11.3 Å². The number of nitrogen functional groups attached to an aromatic ring is 1. The van der Waals surface area contributed by atoms with Gasteiger partial charge in [-0.25, -0.2) is 4.68 Å². The molecule has 1 aliphatic rings. The lowest BCUT2D eigenvalue weighted by atomic mass is 9.96. The summed E-state index contributed by atoms with van der Waals surface area (Å²) in [5.41, 5.74) is 11.2. The molecule has 25 heavy (non-hydrogen) atoms. The van der Waals surface area contributed by atoms with Crippen molar-refractivity contribution in [2.75, 3.05) is 18.8 Å². The number of piperidine rings is 1. The molecule has 0 spiro atoms. The second-order valence-corrected chi connectivity index (χ2v) is 6.93. The monoisotopic (exact) mass is 361 g/mol. The van der Waals surface area contributed by atoms with Crippen molar-refractivity contribution in [1.82, 2.24) is 14.7 Å². The van der Waals surface area contributed by atoms with E-state index in [1.54, 1.807) is 4.90 Å². The summed E-state index contributed by atoms with van der Waals surface area (Å²) in [5.74, 6) is -0.746. The zero-order chi connectivity index (χ0) is 18.0. The van der Waals surface area contributed by atoms with Gasteiger partial charge in [0.1, 0.15) is 17.9 Å². The first-order chi connectivity index (χ1) is 12.0. The fraction of sp³-hybridized carbons (Fsp3) is 0.375. The van der Waals surface area contributed by atoms with Gasteiger partial charge in [-0.05, 0) is 30.4 Å². The minimum Gasteiger partial charge on any atom is -0.394 e. The van der Waals surface area contributed by atoms with Crippen LogP contribution >= 0.6 is 11.3 Å². The molecule has 9 heteroatoms. The zero-order valence-electron chi connectivity index (χ0n) is 13.6. The molecule has 0 saturated carbocycles. The zero-order valence-corrected chi connectivity index (χ0v) is 14.4. The van der Waals surface area contributed by atoms with Crippen LogP contribution in [0.5, 0.6) is 0 Å². The summed E-state index contributed by atoms with van der Waals surface area (Å²) >= 11 is 1.48. The van der Waals surface area contributed by atoms with Gasteiger partial charge in [-0.2, -0.15) is 5.10 Å². The molecule has 1 saturated heterocycles. The summed E-state index contributed by atoms with van der Waals surface area (Å²) < 4.78 is 1.10. The first kappa shape index (κ1) is 17.2. The number of hydrogen-bond donors (Lipinski definition) is 2. The van der Waals surface area contributed by atoms with Crippen molar-refractivity contribution in [1.29, 1.82) is 0 Å². The van der Waals surface area contributed by atoms with E-state index >= 15 is 0 Å². The van der Waals surface area contributed by atoms with Gasteiger partial charge in [0.2, 0.25) is 11.8 Å². The third-order valence-corrected chi connectivity index (χ3v) is 5.20. The number of anilines is 1. The van der Waals surface area contributed by atoms with Crippen LogP contribution in [0.1, 0.15) is 12.8 Å². The van der Waals surface area contributed by atoms with E-state index in [0.29, 0.717) is 31.6 Å². The Morgan fingerprint density at radius 2 is 2.04 bits per heavy atom. The van der Waals surface area contributed by atoms with Crippen LogP contribution in [0.15, 0.2) is 28.4 Å². The molecular formula is C16H19N5O3S. The van der Waals surface area contributed by atoms with Gasteiger partial charge in [0.05, 0.1) is 4.88 Å². The van der Waals surface area contributed by atoms with Gasteiger partial charge >= 0.3 is 0 Å². The maximum Gasteiger partial charge on any atom is 0.290 e. The first-order valence-electron chi connectivity index (χ1n) is 7.94. The number of carbonyl (C=O) groups excluding carboxylic acids is 2. The van der Waals surface area contributed by atoms with Crippen molar-refractivity contribution in [2.45, 2.75) is 19.4 Å². The average Bonchev–Trinajstić information content (AvgIpc) is 3.13. The standard InChI is InChI=1S/C16H19N5O3S/c17-11-8-12(13-2-1-7-25-13)19-21(16(11)24)9-14(22)20-5-3-10(4-6-20)15(18)23/h1-2,7-8,10H,3-6,9,17H2,(H2,18,23). The van der Waals surface area contributed by atoms with Gasteiger partial charge in [0.15, 0.2) is 0 Å². The fourth-order valence-electron chi connectivity index (χ4n) is 2.86. The number of rotatable bonds is 4. The number of likely N-dealkylation sites (tertiary alicyclic amines) is 1. The third kappa shape index (κ3) is 3.71. The van der Waals surface area contributed by atoms with Gasteiger partial charge < -0.3 is 16.4 Å². The Kier molecular flexibility index (Phi) is 4.84. The largest absolute Gasteiger partial charge is 0.394 e. The number of carbonyl (C=O) groups is 2. The summed E-state index contributed by atoms with van der Waals surface area (Å²) in [5, 5.41) is 6.17. The molecular weight excluding hydrogens is 342 g/mol. The molecule has 2 aromatic heterocycles. The highest BCUT2D eigenvalue weighted by atomic mass is 32.1. The van der Waals surface area contributed by atoms with Gasteiger partial charge in [0.25, 0.3) is 5.56 Å². The lowest BCUT2D eigenvalue weighted by molar-refractivity contribution is -0.135. The molecule has 0 aliphatic carbocycles. The van der Waals surface area contributed by atoms with Crippen molar-refractivity contribution in [2.24, 2.45) is 11.7 Å². The van der Waals surface area contributed by atoms with Crippen LogP contribution in [0.2, 0.25) is 0 Å². The lowest BCUT2D eigenvalue weighted by Crippen LogP contribution is -2.44. The van der Waals surface area contributed by atoms with Crippen LogP contribution in [-0.4, -0.2) is 39.6 Å². The Morgan fingerprint density at radius 3 is 2.64 bits per heavy atom. The molecule has 4 N–H and O–H groups in total. The maximum atomic E-state index is 12.5. The summed E-state index contributed by atoms with van der Waals surface area (Å²) in [6.45, 7) is 0.714. The molecule has 8 nitrogen and oxygen atoms in total. The number of hydrogen-bond acceptors (Lipinski definition) is 6. The second kappa shape index (κ2) is 7.06. The van der Waals surface area contributed by atoms with E-state index in [9.17, 15) is 14.4 Å². The Morgan fingerprint density at radius 1 is 1.32 bits per heavy atom. The first-order valence-corrected chi connectivity index (χ1v) is 8.82. The van der Waals surface area contributed by atoms with E-state index in [-0.39, 0.29) is 30.0 Å². The minimum absolute atomic E-state index is 0.0543. The molecule has 0 atom stereocenters. The van der Waals surface area contributed by atoms with E-state index in [2.05, 4.69) is 5.10 Å². The summed E-state index contributed by atoms with van der Waals surface area (Å²) in [6.07, 6.45) is 1.08. The van der Waals surface area contributed by atoms with Crippen molar-refractivity contribution in [3.05, 3.63) is 33.9 Å².